The van der Waals surface area contributed by atoms with Crippen LogP contribution in [0.3, 0.4) is 0 Å². The molecule has 0 bridgehead atoms. The van der Waals surface area contributed by atoms with Crippen LogP contribution < -0.4 is 9.47 Å². The molecule has 4 heteroatoms. The Morgan fingerprint density at radius 2 is 1.82 bits per heavy atom. The summed E-state index contributed by atoms with van der Waals surface area (Å²) in [5, 5.41) is 0. The van der Waals surface area contributed by atoms with Crippen molar-refractivity contribution in [1.82, 2.24) is 0 Å². The summed E-state index contributed by atoms with van der Waals surface area (Å²) in [6.07, 6.45) is 0.720. The molecule has 0 amide bonds. The van der Waals surface area contributed by atoms with Gasteiger partial charge in [0.05, 0.1) is 12.2 Å². The Morgan fingerprint density at radius 3 is 2.45 bits per heavy atom. The van der Waals surface area contributed by atoms with Crippen LogP contribution in [0.1, 0.15) is 38.8 Å². The third-order valence-corrected chi connectivity index (χ3v) is 3.35. The number of carbonyl (C=O) groups is 2. The number of hydrogen-bond acceptors (Lipinski definition) is 4. The summed E-state index contributed by atoms with van der Waals surface area (Å²) in [5.41, 5.74) is 3.08. The van der Waals surface area contributed by atoms with Gasteiger partial charge in [-0.3, -0.25) is 4.79 Å². The zero-order valence-corrected chi connectivity index (χ0v) is 12.9. The normalized spacial score (nSPS) is 10.1. The van der Waals surface area contributed by atoms with Gasteiger partial charge in [-0.2, -0.15) is 0 Å². The van der Waals surface area contributed by atoms with E-state index in [1.54, 1.807) is 30.3 Å². The second-order valence-electron chi connectivity index (χ2n) is 4.95. The van der Waals surface area contributed by atoms with E-state index >= 15 is 0 Å². The number of rotatable bonds is 5. The minimum Gasteiger partial charge on any atom is -0.490 e. The molecular weight excluding hydrogens is 280 g/mol. The molecule has 0 radical (unpaired) electrons. The quantitative estimate of drug-likeness (QED) is 0.479. The molecule has 4 nitrogen and oxygen atoms in total. The maximum atomic E-state index is 12.2. The molecule has 0 N–H and O–H groups in total. The van der Waals surface area contributed by atoms with E-state index in [1.807, 2.05) is 26.8 Å². The lowest BCUT2D eigenvalue weighted by Gasteiger charge is -2.11. The molecule has 0 saturated heterocycles. The van der Waals surface area contributed by atoms with Gasteiger partial charge in [0, 0.05) is 5.56 Å². The van der Waals surface area contributed by atoms with Crippen LogP contribution in [0.4, 0.5) is 0 Å². The molecule has 0 aliphatic carbocycles. The van der Waals surface area contributed by atoms with Gasteiger partial charge in [0.25, 0.3) is 0 Å². The molecule has 22 heavy (non-hydrogen) atoms. The summed E-state index contributed by atoms with van der Waals surface area (Å²) in [5.74, 6) is 0.225. The first kappa shape index (κ1) is 15.8. The molecule has 0 atom stereocenters. The van der Waals surface area contributed by atoms with Gasteiger partial charge in [0.2, 0.25) is 0 Å². The lowest BCUT2D eigenvalue weighted by molar-refractivity contribution is 0.0728. The highest BCUT2D eigenvalue weighted by Crippen LogP contribution is 2.29. The van der Waals surface area contributed by atoms with Crippen molar-refractivity contribution in [2.75, 3.05) is 6.61 Å². The molecule has 114 valence electrons. The number of esters is 1. The van der Waals surface area contributed by atoms with Gasteiger partial charge >= 0.3 is 5.97 Å². The van der Waals surface area contributed by atoms with Crippen molar-refractivity contribution in [3.63, 3.8) is 0 Å². The summed E-state index contributed by atoms with van der Waals surface area (Å²) in [7, 11) is 0. The molecule has 0 saturated carbocycles. The van der Waals surface area contributed by atoms with Crippen LogP contribution in [-0.4, -0.2) is 18.9 Å². The molecule has 0 fully saturated rings. The van der Waals surface area contributed by atoms with Gasteiger partial charge in [0.1, 0.15) is 6.29 Å². The first-order chi connectivity index (χ1) is 10.5. The number of carbonyl (C=O) groups excluding carboxylic acids is 2. The van der Waals surface area contributed by atoms with E-state index in [2.05, 4.69) is 0 Å². The van der Waals surface area contributed by atoms with Gasteiger partial charge in [-0.05, 0) is 62.2 Å². The van der Waals surface area contributed by atoms with Crippen molar-refractivity contribution in [3.8, 4) is 11.5 Å². The fourth-order valence-corrected chi connectivity index (χ4v) is 1.98. The van der Waals surface area contributed by atoms with Crippen molar-refractivity contribution in [3.05, 3.63) is 58.7 Å². The summed E-state index contributed by atoms with van der Waals surface area (Å²) in [6.45, 7) is 6.16. The maximum Gasteiger partial charge on any atom is 0.343 e. The molecule has 0 aliphatic rings. The summed E-state index contributed by atoms with van der Waals surface area (Å²) >= 11 is 0. The first-order valence-electron chi connectivity index (χ1n) is 7.06. The van der Waals surface area contributed by atoms with E-state index in [-0.39, 0.29) is 0 Å². The van der Waals surface area contributed by atoms with E-state index in [0.29, 0.717) is 29.2 Å². The second-order valence-corrected chi connectivity index (χ2v) is 4.95. The van der Waals surface area contributed by atoms with Crippen molar-refractivity contribution in [2.45, 2.75) is 20.8 Å². The molecular formula is C18H18O4. The lowest BCUT2D eigenvalue weighted by atomic mass is 10.1. The molecule has 2 aromatic carbocycles. The minimum atomic E-state index is -0.456. The molecule has 0 spiro atoms. The number of benzene rings is 2. The Morgan fingerprint density at radius 1 is 1.05 bits per heavy atom. The van der Waals surface area contributed by atoms with Gasteiger partial charge in [0.15, 0.2) is 11.5 Å². The van der Waals surface area contributed by atoms with Crippen LogP contribution >= 0.6 is 0 Å². The minimum absolute atomic E-state index is 0.302. The van der Waals surface area contributed by atoms with E-state index in [1.165, 1.54) is 0 Å². The lowest BCUT2D eigenvalue weighted by Crippen LogP contribution is -2.10. The van der Waals surface area contributed by atoms with Crippen molar-refractivity contribution in [2.24, 2.45) is 0 Å². The predicted octanol–water partition coefficient (Wildman–Crippen LogP) is 3.73. The standard InChI is InChI=1S/C18H18O4/c1-4-21-17-10-14(11-19)6-8-16(17)22-18(20)15-7-5-12(2)13(3)9-15/h5-11H,4H2,1-3H3. The highest BCUT2D eigenvalue weighted by molar-refractivity contribution is 5.91. The van der Waals surface area contributed by atoms with E-state index in [4.69, 9.17) is 9.47 Å². The highest BCUT2D eigenvalue weighted by atomic mass is 16.6. The summed E-state index contributed by atoms with van der Waals surface area (Å²) in [4.78, 5) is 23.1. The van der Waals surface area contributed by atoms with Gasteiger partial charge in [-0.15, -0.1) is 0 Å². The smallest absolute Gasteiger partial charge is 0.343 e. The fourth-order valence-electron chi connectivity index (χ4n) is 1.98. The van der Waals surface area contributed by atoms with Gasteiger partial charge < -0.3 is 9.47 Å². The Balaban J connectivity index is 2.27. The fraction of sp³-hybridized carbons (Fsp3) is 0.222. The molecule has 2 aromatic rings. The molecule has 2 rings (SSSR count). The molecule has 0 aromatic heterocycles. The number of hydrogen-bond donors (Lipinski definition) is 0. The first-order valence-corrected chi connectivity index (χ1v) is 7.06. The zero-order valence-electron chi connectivity index (χ0n) is 12.9. The van der Waals surface area contributed by atoms with Crippen molar-refractivity contribution in [1.29, 1.82) is 0 Å². The molecule has 0 heterocycles. The van der Waals surface area contributed by atoms with Crippen molar-refractivity contribution >= 4 is 12.3 Å². The van der Waals surface area contributed by atoms with Crippen LogP contribution in [-0.2, 0) is 0 Å². The van der Waals surface area contributed by atoms with Crippen LogP contribution in [0, 0.1) is 13.8 Å². The highest BCUT2D eigenvalue weighted by Gasteiger charge is 2.14. The SMILES string of the molecule is CCOc1cc(C=O)ccc1OC(=O)c1ccc(C)c(C)c1. The number of aldehydes is 1. The van der Waals surface area contributed by atoms with Gasteiger partial charge in [-0.1, -0.05) is 6.07 Å². The Hall–Kier alpha value is -2.62. The Labute approximate surface area is 129 Å². The monoisotopic (exact) mass is 298 g/mol. The molecule has 0 aliphatic heterocycles. The molecule has 0 unspecified atom stereocenters. The third kappa shape index (κ3) is 3.52. The average molecular weight is 298 g/mol. The largest absolute Gasteiger partial charge is 0.490 e. The second kappa shape index (κ2) is 6.89. The third-order valence-electron chi connectivity index (χ3n) is 3.35. The van der Waals surface area contributed by atoms with Crippen LogP contribution in [0.15, 0.2) is 36.4 Å². The summed E-state index contributed by atoms with van der Waals surface area (Å²) in [6, 6.07) is 10.1. The Bertz CT molecular complexity index is 704. The summed E-state index contributed by atoms with van der Waals surface area (Å²) < 4.78 is 10.8. The average Bonchev–Trinajstić information content (AvgIpc) is 2.51. The van der Waals surface area contributed by atoms with E-state index in [0.717, 1.165) is 17.4 Å². The number of aryl methyl sites for hydroxylation is 2. The van der Waals surface area contributed by atoms with Crippen molar-refractivity contribution < 1.29 is 19.1 Å². The Kier molecular flexibility index (Phi) is 4.94. The van der Waals surface area contributed by atoms with E-state index < -0.39 is 5.97 Å². The van der Waals surface area contributed by atoms with Crippen LogP contribution in [0.5, 0.6) is 11.5 Å². The predicted molar refractivity (Wildman–Crippen MR) is 83.9 cm³/mol. The van der Waals surface area contributed by atoms with E-state index in [9.17, 15) is 9.59 Å². The van der Waals surface area contributed by atoms with Crippen LogP contribution in [0.2, 0.25) is 0 Å². The number of ether oxygens (including phenoxy) is 2. The topological polar surface area (TPSA) is 52.6 Å². The zero-order chi connectivity index (χ0) is 16.1. The van der Waals surface area contributed by atoms with Gasteiger partial charge in [-0.25, -0.2) is 4.79 Å². The maximum absolute atomic E-state index is 12.2. The van der Waals surface area contributed by atoms with Crippen LogP contribution in [0.25, 0.3) is 0 Å².